The lowest BCUT2D eigenvalue weighted by molar-refractivity contribution is -0.202. The maximum Gasteiger partial charge on any atom is 0.491 e. The number of carbonyl (C=O) groups excluding carboxylic acids is 3. The minimum absolute atomic E-state index is 0.00704. The summed E-state index contributed by atoms with van der Waals surface area (Å²) in [6.45, 7) is 0. The number of hydrogen-bond acceptors (Lipinski definition) is 5. The van der Waals surface area contributed by atoms with Gasteiger partial charge in [0.2, 0.25) is 5.91 Å². The van der Waals surface area contributed by atoms with E-state index in [1.165, 1.54) is 6.07 Å². The minimum Gasteiger partial charge on any atom is -0.385 e. The highest BCUT2D eigenvalue weighted by molar-refractivity contribution is 5.95. The summed E-state index contributed by atoms with van der Waals surface area (Å²) in [5, 5.41) is 2.15. The molecule has 192 valence electrons. The van der Waals surface area contributed by atoms with Crippen molar-refractivity contribution in [3.05, 3.63) is 71.4 Å². The van der Waals surface area contributed by atoms with E-state index in [0.717, 1.165) is 18.3 Å². The second kappa shape index (κ2) is 10.4. The standard InChI is InChI=1S/C23H19F6N3O4/c24-22(25,26)15-8-4-7-14-13(11-31-18(14)15)10-17(20(34)36-21(35)23(27,28)29)32-19(33)16(30)9-12-5-2-1-3-6-12/h1-8,11,16-17,31H,9-10,30H2,(H,32,33)/t16-,17-/m0/s1. The van der Waals surface area contributed by atoms with Crippen LogP contribution in [0, 0.1) is 0 Å². The fraction of sp³-hybridized carbons (Fsp3) is 0.261. The lowest BCUT2D eigenvalue weighted by atomic mass is 10.0. The number of hydrogen-bond donors (Lipinski definition) is 3. The third kappa shape index (κ3) is 6.42. The monoisotopic (exact) mass is 515 g/mol. The maximum atomic E-state index is 13.3. The zero-order valence-corrected chi connectivity index (χ0v) is 18.2. The van der Waals surface area contributed by atoms with Gasteiger partial charge in [-0.25, -0.2) is 9.59 Å². The van der Waals surface area contributed by atoms with Crippen LogP contribution in [-0.4, -0.2) is 41.1 Å². The van der Waals surface area contributed by atoms with Crippen molar-refractivity contribution in [2.45, 2.75) is 37.3 Å². The summed E-state index contributed by atoms with van der Waals surface area (Å²) in [6.07, 6.45) is -9.66. The van der Waals surface area contributed by atoms with Crippen molar-refractivity contribution in [2.24, 2.45) is 5.73 Å². The van der Waals surface area contributed by atoms with Gasteiger partial charge in [-0.3, -0.25) is 4.79 Å². The first kappa shape index (κ1) is 26.7. The van der Waals surface area contributed by atoms with E-state index in [1.807, 2.05) is 0 Å². The molecule has 0 spiro atoms. The van der Waals surface area contributed by atoms with Gasteiger partial charge < -0.3 is 20.8 Å². The fourth-order valence-electron chi connectivity index (χ4n) is 3.49. The van der Waals surface area contributed by atoms with E-state index < -0.39 is 54.3 Å². The van der Waals surface area contributed by atoms with E-state index in [9.17, 15) is 40.7 Å². The summed E-state index contributed by atoms with van der Waals surface area (Å²) in [7, 11) is 0. The smallest absolute Gasteiger partial charge is 0.385 e. The Labute approximate surface area is 199 Å². The number of rotatable bonds is 7. The molecule has 36 heavy (non-hydrogen) atoms. The van der Waals surface area contributed by atoms with Gasteiger partial charge in [-0.05, 0) is 23.6 Å². The molecule has 0 saturated carbocycles. The molecule has 3 aromatic rings. The predicted molar refractivity (Wildman–Crippen MR) is 114 cm³/mol. The van der Waals surface area contributed by atoms with Gasteiger partial charge in [0.25, 0.3) is 0 Å². The van der Waals surface area contributed by atoms with E-state index in [0.29, 0.717) is 5.56 Å². The van der Waals surface area contributed by atoms with Crippen molar-refractivity contribution in [3.8, 4) is 0 Å². The lowest BCUT2D eigenvalue weighted by Gasteiger charge is -2.20. The van der Waals surface area contributed by atoms with Crippen LogP contribution in [0.1, 0.15) is 16.7 Å². The number of nitrogens with two attached hydrogens (primary N) is 1. The number of alkyl halides is 6. The number of halogens is 6. The Morgan fingerprint density at radius 1 is 0.944 bits per heavy atom. The van der Waals surface area contributed by atoms with E-state index in [2.05, 4.69) is 15.0 Å². The van der Waals surface area contributed by atoms with Crippen molar-refractivity contribution in [2.75, 3.05) is 0 Å². The molecular weight excluding hydrogens is 496 g/mol. The van der Waals surface area contributed by atoms with Gasteiger partial charge in [-0.2, -0.15) is 26.3 Å². The minimum atomic E-state index is -5.49. The molecule has 13 heteroatoms. The molecule has 2 aromatic carbocycles. The van der Waals surface area contributed by atoms with E-state index in [4.69, 9.17) is 5.73 Å². The van der Waals surface area contributed by atoms with Crippen LogP contribution in [0.2, 0.25) is 0 Å². The molecule has 7 nitrogen and oxygen atoms in total. The number of para-hydroxylation sites is 1. The number of aromatic amines is 1. The molecule has 0 radical (unpaired) electrons. The van der Waals surface area contributed by atoms with Crippen molar-refractivity contribution < 1.29 is 45.5 Å². The molecule has 0 unspecified atom stereocenters. The first-order chi connectivity index (χ1) is 16.8. The molecule has 4 N–H and O–H groups in total. The van der Waals surface area contributed by atoms with Crippen LogP contribution in [0.25, 0.3) is 10.9 Å². The molecule has 0 fully saturated rings. The Balaban J connectivity index is 1.87. The zero-order valence-electron chi connectivity index (χ0n) is 18.2. The topological polar surface area (TPSA) is 114 Å². The number of ether oxygens (including phenoxy) is 1. The van der Waals surface area contributed by atoms with Crippen molar-refractivity contribution in [1.82, 2.24) is 10.3 Å². The van der Waals surface area contributed by atoms with Crippen molar-refractivity contribution in [1.29, 1.82) is 0 Å². The van der Waals surface area contributed by atoms with Crippen LogP contribution < -0.4 is 11.1 Å². The first-order valence-corrected chi connectivity index (χ1v) is 10.4. The van der Waals surface area contributed by atoms with Crippen LogP contribution in [0.4, 0.5) is 26.3 Å². The summed E-state index contributed by atoms with van der Waals surface area (Å²) in [4.78, 5) is 38.6. The van der Waals surface area contributed by atoms with Crippen molar-refractivity contribution in [3.63, 3.8) is 0 Å². The average molecular weight is 515 g/mol. The molecule has 0 saturated heterocycles. The SMILES string of the molecule is N[C@@H](Cc1ccccc1)C(=O)N[C@@H](Cc1c[nH]c2c(C(F)(F)F)cccc12)C(=O)OC(=O)C(F)(F)F. The van der Waals surface area contributed by atoms with Gasteiger partial charge in [0.1, 0.15) is 6.04 Å². The van der Waals surface area contributed by atoms with E-state index in [1.54, 1.807) is 30.3 Å². The number of esters is 2. The molecule has 3 rings (SSSR count). The Morgan fingerprint density at radius 3 is 2.22 bits per heavy atom. The van der Waals surface area contributed by atoms with Gasteiger partial charge in [0.05, 0.1) is 17.1 Å². The molecule has 1 amide bonds. The largest absolute Gasteiger partial charge is 0.491 e. The average Bonchev–Trinajstić information content (AvgIpc) is 3.20. The quantitative estimate of drug-likeness (QED) is 0.254. The maximum absolute atomic E-state index is 13.3. The first-order valence-electron chi connectivity index (χ1n) is 10.4. The number of amides is 1. The van der Waals surface area contributed by atoms with Crippen LogP contribution in [0.5, 0.6) is 0 Å². The van der Waals surface area contributed by atoms with E-state index >= 15 is 0 Å². The van der Waals surface area contributed by atoms with E-state index in [-0.39, 0.29) is 22.9 Å². The van der Waals surface area contributed by atoms with Crippen LogP contribution in [-0.2, 0) is 38.1 Å². The zero-order chi connectivity index (χ0) is 26.7. The summed E-state index contributed by atoms with van der Waals surface area (Å²) in [5.41, 5.74) is 5.23. The predicted octanol–water partition coefficient (Wildman–Crippen LogP) is 3.42. The summed E-state index contributed by atoms with van der Waals surface area (Å²) < 4.78 is 81.6. The normalized spacial score (nSPS) is 13.8. The summed E-state index contributed by atoms with van der Waals surface area (Å²) >= 11 is 0. The molecule has 2 atom stereocenters. The van der Waals surface area contributed by atoms with Gasteiger partial charge in [0.15, 0.2) is 0 Å². The molecule has 1 aromatic heterocycles. The number of fused-ring (bicyclic) bond motifs is 1. The van der Waals surface area contributed by atoms with Gasteiger partial charge >= 0.3 is 24.3 Å². The number of nitrogens with one attached hydrogen (secondary N) is 2. The third-order valence-electron chi connectivity index (χ3n) is 5.19. The Hall–Kier alpha value is -3.87. The van der Waals surface area contributed by atoms with Gasteiger partial charge in [-0.15, -0.1) is 0 Å². The Kier molecular flexibility index (Phi) is 7.72. The molecule has 1 heterocycles. The number of carbonyl (C=O) groups is 3. The fourth-order valence-corrected chi connectivity index (χ4v) is 3.49. The van der Waals surface area contributed by atoms with Crippen LogP contribution in [0.3, 0.4) is 0 Å². The number of aromatic nitrogens is 1. The second-order valence-electron chi connectivity index (χ2n) is 7.81. The second-order valence-corrected chi connectivity index (χ2v) is 7.81. The Bertz CT molecular complexity index is 1250. The highest BCUT2D eigenvalue weighted by Crippen LogP contribution is 2.35. The Morgan fingerprint density at radius 2 is 1.61 bits per heavy atom. The van der Waals surface area contributed by atoms with Gasteiger partial charge in [0, 0.05) is 18.0 Å². The molecule has 0 aliphatic heterocycles. The lowest BCUT2D eigenvalue weighted by Crippen LogP contribution is -2.51. The van der Waals surface area contributed by atoms with Gasteiger partial charge in [-0.1, -0.05) is 42.5 Å². The summed E-state index contributed by atoms with van der Waals surface area (Å²) in [6, 6.07) is 8.57. The molecule has 0 aliphatic rings. The molecule has 0 aliphatic carbocycles. The third-order valence-corrected chi connectivity index (χ3v) is 5.19. The van der Waals surface area contributed by atoms with Crippen LogP contribution >= 0.6 is 0 Å². The highest BCUT2D eigenvalue weighted by Gasteiger charge is 2.44. The molecular formula is C23H19F6N3O4. The summed E-state index contributed by atoms with van der Waals surface area (Å²) in [5.74, 6) is -5.51. The number of H-pyrrole nitrogens is 1. The molecule has 0 bridgehead atoms. The van der Waals surface area contributed by atoms with Crippen molar-refractivity contribution >= 4 is 28.7 Å². The number of benzene rings is 2. The highest BCUT2D eigenvalue weighted by atomic mass is 19.4. The van der Waals surface area contributed by atoms with Crippen LogP contribution in [0.15, 0.2) is 54.7 Å².